The van der Waals surface area contributed by atoms with Crippen LogP contribution < -0.4 is 5.43 Å². The summed E-state index contributed by atoms with van der Waals surface area (Å²) >= 11 is 0. The van der Waals surface area contributed by atoms with E-state index >= 15 is 0 Å². The Labute approximate surface area is 135 Å². The van der Waals surface area contributed by atoms with Crippen LogP contribution in [-0.4, -0.2) is 70.2 Å². The molecular weight excluding hydrogens is 230 g/mol. The normalized spacial score (nSPS) is 9.00. The molecular formula is C10H8Na2O4. The molecule has 1 aromatic carbocycles. The van der Waals surface area contributed by atoms with Gasteiger partial charge in [0.1, 0.15) is 5.58 Å². The van der Waals surface area contributed by atoms with Gasteiger partial charge in [0, 0.05) is 6.07 Å². The third-order valence-electron chi connectivity index (χ3n) is 1.85. The predicted molar refractivity (Wildman–Crippen MR) is 63.7 cm³/mol. The van der Waals surface area contributed by atoms with Gasteiger partial charge in [-0.3, -0.25) is 4.79 Å². The summed E-state index contributed by atoms with van der Waals surface area (Å²) in [5.41, 5.74) is -0.0540. The van der Waals surface area contributed by atoms with E-state index in [4.69, 9.17) is 9.52 Å². The molecule has 74 valence electrons. The zero-order chi connectivity index (χ0) is 10.1. The standard InChI is InChI=1S/C10H6O4.2Na.2H/c11-7-5-9(10(12)13)14-8-4-2-1-3-6(7)8;;;;/h1-5H,(H,12,13);;;;. The number of hydrogen-bond donors (Lipinski definition) is 1. The van der Waals surface area contributed by atoms with Crippen molar-refractivity contribution in [3.63, 3.8) is 0 Å². The van der Waals surface area contributed by atoms with E-state index in [-0.39, 0.29) is 75.9 Å². The van der Waals surface area contributed by atoms with Crippen LogP contribution >= 0.6 is 0 Å². The molecule has 1 heterocycles. The SMILES string of the molecule is O=C(O)c1cc(=O)c2ccccc2o1.[NaH].[NaH]. The van der Waals surface area contributed by atoms with Crippen LogP contribution in [0.3, 0.4) is 0 Å². The zero-order valence-corrected chi connectivity index (χ0v) is 7.06. The topological polar surface area (TPSA) is 67.5 Å². The van der Waals surface area contributed by atoms with E-state index in [0.717, 1.165) is 6.07 Å². The van der Waals surface area contributed by atoms with E-state index in [1.807, 2.05) is 0 Å². The maximum absolute atomic E-state index is 11.4. The van der Waals surface area contributed by atoms with Gasteiger partial charge in [0.25, 0.3) is 0 Å². The number of carboxylic acids is 1. The molecule has 0 spiro atoms. The van der Waals surface area contributed by atoms with Crippen molar-refractivity contribution in [2.24, 2.45) is 0 Å². The van der Waals surface area contributed by atoms with Gasteiger partial charge < -0.3 is 9.52 Å². The zero-order valence-electron chi connectivity index (χ0n) is 7.06. The predicted octanol–water partition coefficient (Wildman–Crippen LogP) is 0.194. The van der Waals surface area contributed by atoms with Gasteiger partial charge in [-0.1, -0.05) is 12.1 Å². The monoisotopic (exact) mass is 238 g/mol. The number of benzene rings is 1. The third kappa shape index (κ3) is 3.20. The Morgan fingerprint density at radius 3 is 2.44 bits per heavy atom. The second-order valence-electron chi connectivity index (χ2n) is 2.78. The van der Waals surface area contributed by atoms with Gasteiger partial charge in [0.05, 0.1) is 5.39 Å². The summed E-state index contributed by atoms with van der Waals surface area (Å²) in [5, 5.41) is 9.02. The molecule has 0 saturated carbocycles. The summed E-state index contributed by atoms with van der Waals surface area (Å²) in [4.78, 5) is 21.9. The molecule has 4 nitrogen and oxygen atoms in total. The Morgan fingerprint density at radius 2 is 1.81 bits per heavy atom. The molecule has 1 aromatic heterocycles. The number of carboxylic acid groups (broad SMARTS) is 1. The van der Waals surface area contributed by atoms with Crippen LogP contribution in [0.5, 0.6) is 0 Å². The van der Waals surface area contributed by atoms with Crippen molar-refractivity contribution in [2.45, 2.75) is 0 Å². The van der Waals surface area contributed by atoms with Crippen LogP contribution in [0.4, 0.5) is 0 Å². The first-order valence-corrected chi connectivity index (χ1v) is 3.94. The molecule has 0 bridgehead atoms. The first-order valence-electron chi connectivity index (χ1n) is 3.94. The van der Waals surface area contributed by atoms with Crippen molar-refractivity contribution >= 4 is 76.1 Å². The molecule has 16 heavy (non-hydrogen) atoms. The van der Waals surface area contributed by atoms with Crippen molar-refractivity contribution in [3.8, 4) is 0 Å². The fourth-order valence-corrected chi connectivity index (χ4v) is 1.21. The Kier molecular flexibility index (Phi) is 6.55. The number of fused-ring (bicyclic) bond motifs is 1. The molecule has 0 aliphatic heterocycles. The summed E-state index contributed by atoms with van der Waals surface area (Å²) in [6.07, 6.45) is 0. The average molecular weight is 238 g/mol. The van der Waals surface area contributed by atoms with Gasteiger partial charge in [0.2, 0.25) is 5.76 Å². The summed E-state index contributed by atoms with van der Waals surface area (Å²) < 4.78 is 5.00. The number of hydrogen-bond acceptors (Lipinski definition) is 3. The fraction of sp³-hybridized carbons (Fsp3) is 0. The average Bonchev–Trinajstić information content (AvgIpc) is 2.17. The van der Waals surface area contributed by atoms with Gasteiger partial charge in [-0.15, -0.1) is 0 Å². The molecule has 1 N–H and O–H groups in total. The molecule has 0 atom stereocenters. The van der Waals surface area contributed by atoms with E-state index in [2.05, 4.69) is 0 Å². The molecule has 0 saturated heterocycles. The van der Waals surface area contributed by atoms with Crippen molar-refractivity contribution in [3.05, 3.63) is 46.3 Å². The Morgan fingerprint density at radius 1 is 1.19 bits per heavy atom. The second kappa shape index (κ2) is 6.59. The molecule has 0 aliphatic carbocycles. The van der Waals surface area contributed by atoms with Crippen molar-refractivity contribution in [2.75, 3.05) is 0 Å². The van der Waals surface area contributed by atoms with Crippen molar-refractivity contribution in [1.29, 1.82) is 0 Å². The van der Waals surface area contributed by atoms with Crippen molar-refractivity contribution in [1.82, 2.24) is 0 Å². The number of aromatic carboxylic acids is 1. The van der Waals surface area contributed by atoms with Crippen LogP contribution in [0.25, 0.3) is 11.0 Å². The third-order valence-corrected chi connectivity index (χ3v) is 1.85. The second-order valence-corrected chi connectivity index (χ2v) is 2.78. The molecule has 0 radical (unpaired) electrons. The molecule has 0 aliphatic rings. The molecule has 2 rings (SSSR count). The first kappa shape index (κ1) is 15.9. The minimum absolute atomic E-state index is 0. The van der Waals surface area contributed by atoms with Crippen LogP contribution in [0.15, 0.2) is 39.5 Å². The van der Waals surface area contributed by atoms with Crippen LogP contribution in [0, 0.1) is 0 Å². The minimum atomic E-state index is -1.24. The van der Waals surface area contributed by atoms with Gasteiger partial charge in [-0.2, -0.15) is 0 Å². The van der Waals surface area contributed by atoms with E-state index in [0.29, 0.717) is 5.39 Å². The Hall–Kier alpha value is -0.1000. The van der Waals surface area contributed by atoms with Crippen molar-refractivity contribution < 1.29 is 14.3 Å². The molecule has 0 fully saturated rings. The number of carbonyl (C=O) groups is 1. The van der Waals surface area contributed by atoms with Crippen LogP contribution in [0.1, 0.15) is 10.6 Å². The van der Waals surface area contributed by atoms with E-state index in [9.17, 15) is 9.59 Å². The Bertz CT molecular complexity index is 562. The van der Waals surface area contributed by atoms with E-state index < -0.39 is 5.97 Å². The number of para-hydroxylation sites is 1. The summed E-state index contributed by atoms with van der Waals surface area (Å²) in [6.45, 7) is 0. The maximum atomic E-state index is 11.4. The van der Waals surface area contributed by atoms with Crippen LogP contribution in [0.2, 0.25) is 0 Å². The first-order chi connectivity index (χ1) is 6.68. The Balaban J connectivity index is 0.00000112. The van der Waals surface area contributed by atoms with Gasteiger partial charge in [-0.25, -0.2) is 4.79 Å². The van der Waals surface area contributed by atoms with Gasteiger partial charge in [0.15, 0.2) is 5.43 Å². The van der Waals surface area contributed by atoms with E-state index in [1.165, 1.54) is 0 Å². The molecule has 0 amide bonds. The molecule has 0 unspecified atom stereocenters. The summed E-state index contributed by atoms with van der Waals surface area (Å²) in [7, 11) is 0. The fourth-order valence-electron chi connectivity index (χ4n) is 1.21. The summed E-state index contributed by atoms with van der Waals surface area (Å²) in [5.74, 6) is -1.58. The quantitative estimate of drug-likeness (QED) is 0.720. The van der Waals surface area contributed by atoms with Gasteiger partial charge >= 0.3 is 65.1 Å². The van der Waals surface area contributed by atoms with Crippen LogP contribution in [-0.2, 0) is 0 Å². The van der Waals surface area contributed by atoms with Gasteiger partial charge in [-0.05, 0) is 12.1 Å². The van der Waals surface area contributed by atoms with E-state index in [1.54, 1.807) is 24.3 Å². The molecule has 6 heteroatoms. The number of rotatable bonds is 1. The molecule has 2 aromatic rings. The summed E-state index contributed by atoms with van der Waals surface area (Å²) in [6, 6.07) is 7.50.